The van der Waals surface area contributed by atoms with Crippen molar-refractivity contribution in [1.29, 1.82) is 0 Å². The number of carbonyl (C=O) groups excluding carboxylic acids is 2. The van der Waals surface area contributed by atoms with Crippen LogP contribution in [-0.2, 0) is 19.6 Å². The molecule has 2 aromatic rings. The average Bonchev–Trinajstić information content (AvgIpc) is 2.73. The molecule has 1 fully saturated rings. The Morgan fingerprint density at radius 1 is 0.875 bits per heavy atom. The number of sulfonamides is 1. The van der Waals surface area contributed by atoms with Gasteiger partial charge in [-0.15, -0.1) is 0 Å². The minimum atomic E-state index is -3.62. The van der Waals surface area contributed by atoms with Crippen LogP contribution in [0.25, 0.3) is 0 Å². The van der Waals surface area contributed by atoms with Crippen molar-refractivity contribution in [2.75, 3.05) is 23.7 Å². The first-order chi connectivity index (χ1) is 15.0. The van der Waals surface area contributed by atoms with Crippen molar-refractivity contribution in [1.82, 2.24) is 4.31 Å². The average molecular weight is 458 g/mol. The van der Waals surface area contributed by atoms with Crippen molar-refractivity contribution < 1.29 is 18.0 Å². The predicted molar refractivity (Wildman–Crippen MR) is 126 cm³/mol. The van der Waals surface area contributed by atoms with Gasteiger partial charge in [-0.05, 0) is 87.1 Å². The van der Waals surface area contributed by atoms with Gasteiger partial charge in [0.15, 0.2) is 0 Å². The number of hydrogen-bond donors (Lipinski definition) is 2. The molecule has 0 atom stereocenters. The maximum absolute atomic E-state index is 13.4. The van der Waals surface area contributed by atoms with Gasteiger partial charge in [-0.3, -0.25) is 9.59 Å². The fourth-order valence-corrected chi connectivity index (χ4v) is 6.19. The van der Waals surface area contributed by atoms with E-state index in [9.17, 15) is 18.0 Å². The zero-order chi connectivity index (χ0) is 23.6. The number of anilines is 2. The van der Waals surface area contributed by atoms with Crippen LogP contribution in [-0.4, -0.2) is 37.6 Å². The number of rotatable bonds is 5. The maximum Gasteiger partial charge on any atom is 0.243 e. The topological polar surface area (TPSA) is 95.6 Å². The number of carbonyl (C=O) groups is 2. The molecule has 1 saturated heterocycles. The molecular formula is C24H31N3O4S. The second kappa shape index (κ2) is 9.42. The molecule has 1 heterocycles. The Bertz CT molecular complexity index is 1110. The van der Waals surface area contributed by atoms with Gasteiger partial charge in [-0.25, -0.2) is 8.42 Å². The number of nitrogens with one attached hydrogen (secondary N) is 2. The molecule has 7 nitrogen and oxygen atoms in total. The van der Waals surface area contributed by atoms with Crippen molar-refractivity contribution in [3.8, 4) is 0 Å². The number of hydrogen-bond acceptors (Lipinski definition) is 4. The first-order valence-electron chi connectivity index (χ1n) is 10.8. The largest absolute Gasteiger partial charge is 0.326 e. The highest BCUT2D eigenvalue weighted by Gasteiger charge is 2.34. The summed E-state index contributed by atoms with van der Waals surface area (Å²) in [5, 5.41) is 5.57. The molecule has 8 heteroatoms. The summed E-state index contributed by atoms with van der Waals surface area (Å²) in [6.07, 6.45) is 0.940. The number of benzene rings is 2. The third-order valence-corrected chi connectivity index (χ3v) is 8.37. The van der Waals surface area contributed by atoms with Gasteiger partial charge in [0.05, 0.1) is 4.90 Å². The van der Waals surface area contributed by atoms with E-state index in [1.165, 1.54) is 11.2 Å². The minimum absolute atomic E-state index is 0.118. The predicted octanol–water partition coefficient (Wildman–Crippen LogP) is 3.92. The lowest BCUT2D eigenvalue weighted by Crippen LogP contribution is -2.41. The zero-order valence-corrected chi connectivity index (χ0v) is 20.1. The highest BCUT2D eigenvalue weighted by atomic mass is 32.2. The van der Waals surface area contributed by atoms with Crippen LogP contribution < -0.4 is 10.6 Å². The van der Waals surface area contributed by atoms with Gasteiger partial charge in [-0.2, -0.15) is 4.31 Å². The van der Waals surface area contributed by atoms with Gasteiger partial charge in [0, 0.05) is 37.3 Å². The fourth-order valence-electron chi connectivity index (χ4n) is 4.14. The van der Waals surface area contributed by atoms with Gasteiger partial charge in [0.1, 0.15) is 0 Å². The van der Waals surface area contributed by atoms with Crippen molar-refractivity contribution in [2.45, 2.75) is 52.4 Å². The van der Waals surface area contributed by atoms with E-state index in [0.29, 0.717) is 42.2 Å². The lowest BCUT2D eigenvalue weighted by molar-refractivity contribution is -0.121. The van der Waals surface area contributed by atoms with Crippen molar-refractivity contribution >= 4 is 33.2 Å². The lowest BCUT2D eigenvalue weighted by Gasteiger charge is -2.31. The normalized spacial score (nSPS) is 15.4. The number of piperidine rings is 1. The van der Waals surface area contributed by atoms with Gasteiger partial charge < -0.3 is 10.6 Å². The van der Waals surface area contributed by atoms with Crippen LogP contribution in [0.4, 0.5) is 11.4 Å². The molecule has 1 aliphatic heterocycles. The number of amides is 2. The van der Waals surface area contributed by atoms with E-state index in [-0.39, 0.29) is 17.7 Å². The number of nitrogens with zero attached hydrogens (tertiary/aromatic N) is 1. The van der Waals surface area contributed by atoms with Crippen molar-refractivity contribution in [3.63, 3.8) is 0 Å². The smallest absolute Gasteiger partial charge is 0.243 e. The summed E-state index contributed by atoms with van der Waals surface area (Å²) >= 11 is 0. The molecule has 0 saturated carbocycles. The molecule has 0 radical (unpaired) electrons. The van der Waals surface area contributed by atoms with E-state index in [1.807, 2.05) is 33.8 Å². The highest BCUT2D eigenvalue weighted by molar-refractivity contribution is 7.89. The zero-order valence-electron chi connectivity index (χ0n) is 19.3. The molecule has 0 bridgehead atoms. The molecule has 2 aromatic carbocycles. The Labute approximate surface area is 190 Å². The fraction of sp³-hybridized carbons (Fsp3) is 0.417. The van der Waals surface area contributed by atoms with Gasteiger partial charge in [0.2, 0.25) is 21.8 Å². The Balaban J connectivity index is 1.66. The summed E-state index contributed by atoms with van der Waals surface area (Å²) < 4.78 is 28.3. The summed E-state index contributed by atoms with van der Waals surface area (Å²) in [5.41, 5.74) is 4.80. The molecule has 0 unspecified atom stereocenters. The molecule has 0 aromatic heterocycles. The molecule has 0 aliphatic carbocycles. The summed E-state index contributed by atoms with van der Waals surface area (Å²) in [7, 11) is -3.62. The second-order valence-electron chi connectivity index (χ2n) is 8.52. The number of aryl methyl sites for hydroxylation is 2. The van der Waals surface area contributed by atoms with E-state index in [2.05, 4.69) is 10.6 Å². The molecule has 32 heavy (non-hydrogen) atoms. The summed E-state index contributed by atoms with van der Waals surface area (Å²) in [6, 6.07) is 8.92. The molecule has 172 valence electrons. The molecule has 0 spiro atoms. The molecule has 1 aliphatic rings. The second-order valence-corrected chi connectivity index (χ2v) is 10.4. The van der Waals surface area contributed by atoms with Crippen LogP contribution >= 0.6 is 0 Å². The molecular weight excluding hydrogens is 426 g/mol. The van der Waals surface area contributed by atoms with Crippen LogP contribution in [0, 0.1) is 33.6 Å². The standard InChI is InChI=1S/C24H31N3O4S/c1-15-14-16(2)18(4)23(17(15)3)32(30,31)27-12-10-20(11-13-27)24(29)26-22-8-6-21(7-9-22)25-19(5)28/h6-9,14,20H,10-13H2,1-5H3,(H,25,28)(H,26,29). The van der Waals surface area contributed by atoms with Crippen molar-refractivity contribution in [2.24, 2.45) is 5.92 Å². The first kappa shape index (κ1) is 23.9. The molecule has 2 amide bonds. The van der Waals surface area contributed by atoms with Crippen LogP contribution in [0.5, 0.6) is 0 Å². The monoisotopic (exact) mass is 457 g/mol. The highest BCUT2D eigenvalue weighted by Crippen LogP contribution is 2.31. The summed E-state index contributed by atoms with van der Waals surface area (Å²) in [4.78, 5) is 24.2. The van der Waals surface area contributed by atoms with Crippen molar-refractivity contribution in [3.05, 3.63) is 52.6 Å². The SMILES string of the molecule is CC(=O)Nc1ccc(NC(=O)C2CCN(S(=O)(=O)c3c(C)c(C)cc(C)c3C)CC2)cc1. The van der Waals surface area contributed by atoms with Gasteiger partial charge in [0.25, 0.3) is 0 Å². The quantitative estimate of drug-likeness (QED) is 0.711. The lowest BCUT2D eigenvalue weighted by atomic mass is 9.97. The van der Waals surface area contributed by atoms with E-state index in [1.54, 1.807) is 24.3 Å². The first-order valence-corrected chi connectivity index (χ1v) is 12.2. The third-order valence-electron chi connectivity index (χ3n) is 6.19. The Morgan fingerprint density at radius 3 is 1.81 bits per heavy atom. The maximum atomic E-state index is 13.4. The van der Waals surface area contributed by atoms with Crippen LogP contribution in [0.2, 0.25) is 0 Å². The van der Waals surface area contributed by atoms with E-state index >= 15 is 0 Å². The summed E-state index contributed by atoms with van der Waals surface area (Å²) in [6.45, 7) is 9.63. The van der Waals surface area contributed by atoms with Crippen LogP contribution in [0.3, 0.4) is 0 Å². The molecule has 2 N–H and O–H groups in total. The Morgan fingerprint density at radius 2 is 1.34 bits per heavy atom. The van der Waals surface area contributed by atoms with E-state index in [4.69, 9.17) is 0 Å². The van der Waals surface area contributed by atoms with Crippen LogP contribution in [0.1, 0.15) is 42.0 Å². The molecule has 3 rings (SSSR count). The minimum Gasteiger partial charge on any atom is -0.326 e. The van der Waals surface area contributed by atoms with Crippen LogP contribution in [0.15, 0.2) is 35.2 Å². The van der Waals surface area contributed by atoms with Gasteiger partial charge >= 0.3 is 0 Å². The Hall–Kier alpha value is -2.71. The summed E-state index contributed by atoms with van der Waals surface area (Å²) in [5.74, 6) is -0.527. The van der Waals surface area contributed by atoms with Gasteiger partial charge in [-0.1, -0.05) is 6.07 Å². The van der Waals surface area contributed by atoms with E-state index in [0.717, 1.165) is 22.3 Å². The third kappa shape index (κ3) is 5.02. The Kier molecular flexibility index (Phi) is 7.05. The van der Waals surface area contributed by atoms with E-state index < -0.39 is 10.0 Å².